The van der Waals surface area contributed by atoms with Crippen LogP contribution in [0.1, 0.15) is 55.1 Å². The highest BCUT2D eigenvalue weighted by molar-refractivity contribution is 7.12. The molecule has 0 bridgehead atoms. The number of amides is 1. The van der Waals surface area contributed by atoms with Gasteiger partial charge >= 0.3 is 0 Å². The van der Waals surface area contributed by atoms with Crippen LogP contribution >= 0.6 is 11.3 Å². The summed E-state index contributed by atoms with van der Waals surface area (Å²) in [5, 5.41) is 4.60. The first kappa shape index (κ1) is 19.6. The van der Waals surface area contributed by atoms with Gasteiger partial charge in [-0.3, -0.25) is 10.1 Å². The fourth-order valence-electron chi connectivity index (χ4n) is 1.98. The SMILES string of the molecule is CCCCCCCCN=C(NC(=O)c1cccs1)OCCOC. The zero-order valence-electron chi connectivity index (χ0n) is 14.2. The van der Waals surface area contributed by atoms with Crippen LogP contribution in [-0.2, 0) is 9.47 Å². The number of rotatable bonds is 11. The van der Waals surface area contributed by atoms with E-state index in [-0.39, 0.29) is 11.9 Å². The lowest BCUT2D eigenvalue weighted by atomic mass is 10.1. The van der Waals surface area contributed by atoms with E-state index in [0.29, 0.717) is 24.6 Å². The van der Waals surface area contributed by atoms with Crippen molar-refractivity contribution in [3.05, 3.63) is 22.4 Å². The van der Waals surface area contributed by atoms with Gasteiger partial charge in [0.2, 0.25) is 0 Å². The highest BCUT2D eigenvalue weighted by Crippen LogP contribution is 2.08. The van der Waals surface area contributed by atoms with Crippen LogP contribution in [-0.4, -0.2) is 38.8 Å². The van der Waals surface area contributed by atoms with E-state index in [1.165, 1.54) is 37.0 Å². The zero-order valence-corrected chi connectivity index (χ0v) is 15.0. The number of nitrogens with zero attached hydrogens (tertiary/aromatic N) is 1. The summed E-state index contributed by atoms with van der Waals surface area (Å²) in [6, 6.07) is 3.91. The van der Waals surface area contributed by atoms with Gasteiger partial charge in [0.25, 0.3) is 11.9 Å². The summed E-state index contributed by atoms with van der Waals surface area (Å²) in [7, 11) is 1.61. The molecule has 130 valence electrons. The Morgan fingerprint density at radius 1 is 1.22 bits per heavy atom. The summed E-state index contributed by atoms with van der Waals surface area (Å²) in [6.07, 6.45) is 7.25. The topological polar surface area (TPSA) is 59.9 Å². The van der Waals surface area contributed by atoms with E-state index in [0.717, 1.165) is 12.8 Å². The standard InChI is InChI=1S/C17H28N2O3S/c1-3-4-5-6-7-8-11-18-17(22-13-12-21-2)19-16(20)15-10-9-14-23-15/h9-10,14H,3-8,11-13H2,1-2H3,(H,18,19,20). The molecule has 0 fully saturated rings. The van der Waals surface area contributed by atoms with E-state index < -0.39 is 0 Å². The van der Waals surface area contributed by atoms with E-state index >= 15 is 0 Å². The van der Waals surface area contributed by atoms with Crippen molar-refractivity contribution in [2.24, 2.45) is 4.99 Å². The molecule has 0 saturated carbocycles. The first-order valence-corrected chi connectivity index (χ1v) is 9.17. The molecule has 0 spiro atoms. The van der Waals surface area contributed by atoms with Gasteiger partial charge in [0.05, 0.1) is 11.5 Å². The molecule has 0 saturated heterocycles. The van der Waals surface area contributed by atoms with Crippen LogP contribution in [0.2, 0.25) is 0 Å². The van der Waals surface area contributed by atoms with Gasteiger partial charge in [0, 0.05) is 13.7 Å². The number of amidine groups is 1. The first-order chi connectivity index (χ1) is 11.3. The highest BCUT2D eigenvalue weighted by Gasteiger charge is 2.10. The maximum absolute atomic E-state index is 12.1. The summed E-state index contributed by atoms with van der Waals surface area (Å²) < 4.78 is 10.5. The maximum atomic E-state index is 12.1. The van der Waals surface area contributed by atoms with E-state index in [9.17, 15) is 4.79 Å². The van der Waals surface area contributed by atoms with E-state index in [1.807, 2.05) is 11.4 Å². The Hall–Kier alpha value is -1.40. The number of ether oxygens (including phenoxy) is 2. The molecule has 0 aliphatic heterocycles. The van der Waals surface area contributed by atoms with Gasteiger partial charge in [0.15, 0.2) is 0 Å². The lowest BCUT2D eigenvalue weighted by Gasteiger charge is -2.10. The highest BCUT2D eigenvalue weighted by atomic mass is 32.1. The molecule has 1 amide bonds. The van der Waals surface area contributed by atoms with Gasteiger partial charge < -0.3 is 9.47 Å². The summed E-state index contributed by atoms with van der Waals surface area (Å²) in [4.78, 5) is 17.1. The molecule has 0 radical (unpaired) electrons. The molecule has 0 aromatic carbocycles. The van der Waals surface area contributed by atoms with Crippen LogP contribution in [0, 0.1) is 0 Å². The largest absolute Gasteiger partial charge is 0.463 e. The molecular formula is C17H28N2O3S. The molecule has 0 atom stereocenters. The number of carbonyl (C=O) groups is 1. The zero-order chi connectivity index (χ0) is 16.8. The van der Waals surface area contributed by atoms with Gasteiger partial charge in [-0.1, -0.05) is 45.1 Å². The number of unbranched alkanes of at least 4 members (excludes halogenated alkanes) is 5. The molecule has 6 heteroatoms. The van der Waals surface area contributed by atoms with E-state index in [1.54, 1.807) is 13.2 Å². The summed E-state index contributed by atoms with van der Waals surface area (Å²) >= 11 is 1.39. The van der Waals surface area contributed by atoms with Gasteiger partial charge in [-0.2, -0.15) is 0 Å². The van der Waals surface area contributed by atoms with Crippen LogP contribution < -0.4 is 5.32 Å². The van der Waals surface area contributed by atoms with Crippen molar-refractivity contribution in [3.8, 4) is 0 Å². The van der Waals surface area contributed by atoms with Crippen LogP contribution in [0.15, 0.2) is 22.5 Å². The quantitative estimate of drug-likeness (QED) is 0.378. The van der Waals surface area contributed by atoms with E-state index in [4.69, 9.17) is 9.47 Å². The molecule has 1 aromatic heterocycles. The number of thiophene rings is 1. The van der Waals surface area contributed by atoms with Crippen LogP contribution in [0.4, 0.5) is 0 Å². The number of nitrogens with one attached hydrogen (secondary N) is 1. The predicted octanol–water partition coefficient (Wildman–Crippen LogP) is 3.86. The second kappa shape index (κ2) is 13.1. The Morgan fingerprint density at radius 3 is 2.70 bits per heavy atom. The van der Waals surface area contributed by atoms with Gasteiger partial charge in [-0.15, -0.1) is 11.3 Å². The van der Waals surface area contributed by atoms with Gasteiger partial charge in [-0.05, 0) is 17.9 Å². The maximum Gasteiger partial charge on any atom is 0.291 e. The number of hydrogen-bond acceptors (Lipinski definition) is 5. The summed E-state index contributed by atoms with van der Waals surface area (Å²) in [5.74, 6) is -0.181. The van der Waals surface area contributed by atoms with Gasteiger partial charge in [0.1, 0.15) is 6.61 Å². The van der Waals surface area contributed by atoms with Crippen LogP contribution in [0.3, 0.4) is 0 Å². The molecule has 1 rings (SSSR count). The molecule has 23 heavy (non-hydrogen) atoms. The fourth-order valence-corrected chi connectivity index (χ4v) is 2.60. The van der Waals surface area contributed by atoms with Crippen molar-refractivity contribution in [3.63, 3.8) is 0 Å². The molecule has 0 unspecified atom stereocenters. The minimum absolute atomic E-state index is 0.181. The number of aliphatic imine (C=N–C) groups is 1. The van der Waals surface area contributed by atoms with Crippen molar-refractivity contribution in [2.45, 2.75) is 45.4 Å². The summed E-state index contributed by atoms with van der Waals surface area (Å²) in [5.41, 5.74) is 0. The molecule has 0 aliphatic rings. The number of carbonyl (C=O) groups excluding carboxylic acids is 1. The van der Waals surface area contributed by atoms with Crippen molar-refractivity contribution >= 4 is 23.3 Å². The monoisotopic (exact) mass is 340 g/mol. The van der Waals surface area contributed by atoms with Crippen molar-refractivity contribution in [1.29, 1.82) is 0 Å². The Kier molecular flexibility index (Phi) is 11.2. The fraction of sp³-hybridized carbons (Fsp3) is 0.647. The van der Waals surface area contributed by atoms with Crippen LogP contribution in [0.5, 0.6) is 0 Å². The van der Waals surface area contributed by atoms with E-state index in [2.05, 4.69) is 17.2 Å². The third kappa shape index (κ3) is 9.36. The molecular weight excluding hydrogens is 312 g/mol. The minimum atomic E-state index is -0.181. The van der Waals surface area contributed by atoms with Gasteiger partial charge in [-0.25, -0.2) is 4.99 Å². The van der Waals surface area contributed by atoms with Crippen molar-refractivity contribution in [1.82, 2.24) is 5.32 Å². The average Bonchev–Trinajstić information content (AvgIpc) is 3.08. The second-order valence-corrected chi connectivity index (χ2v) is 6.18. The Bertz CT molecular complexity index is 447. The van der Waals surface area contributed by atoms with Crippen molar-refractivity contribution in [2.75, 3.05) is 26.9 Å². The molecule has 5 nitrogen and oxygen atoms in total. The molecule has 0 aliphatic carbocycles. The minimum Gasteiger partial charge on any atom is -0.463 e. The first-order valence-electron chi connectivity index (χ1n) is 8.29. The third-order valence-corrected chi connectivity index (χ3v) is 4.13. The molecule has 1 aromatic rings. The predicted molar refractivity (Wildman–Crippen MR) is 95.3 cm³/mol. The smallest absolute Gasteiger partial charge is 0.291 e. The second-order valence-electron chi connectivity index (χ2n) is 5.23. The number of methoxy groups -OCH3 is 1. The lowest BCUT2D eigenvalue weighted by molar-refractivity contribution is 0.0958. The normalized spacial score (nSPS) is 11.5. The summed E-state index contributed by atoms with van der Waals surface area (Å²) in [6.45, 7) is 3.71. The van der Waals surface area contributed by atoms with Crippen molar-refractivity contribution < 1.29 is 14.3 Å². The Balaban J connectivity index is 2.37. The Labute approximate surface area is 143 Å². The molecule has 1 heterocycles. The average molecular weight is 340 g/mol. The number of hydrogen-bond donors (Lipinski definition) is 1. The van der Waals surface area contributed by atoms with Crippen LogP contribution in [0.25, 0.3) is 0 Å². The lowest BCUT2D eigenvalue weighted by Crippen LogP contribution is -2.33. The molecule has 1 N–H and O–H groups in total. The third-order valence-electron chi connectivity index (χ3n) is 3.26. The Morgan fingerprint density at radius 2 is 2.00 bits per heavy atom.